The van der Waals surface area contributed by atoms with E-state index in [4.69, 9.17) is 14.2 Å². The smallest absolute Gasteiger partial charge is 0.344 e. The molecule has 1 aliphatic rings. The van der Waals surface area contributed by atoms with Gasteiger partial charge in [-0.1, -0.05) is 36.4 Å². The Kier molecular flexibility index (Phi) is 6.77. The molecule has 1 amide bonds. The molecule has 1 aliphatic heterocycles. The maximum Gasteiger partial charge on any atom is 0.344 e. The Hall–Kier alpha value is -3.28. The van der Waals surface area contributed by atoms with Crippen molar-refractivity contribution in [1.29, 1.82) is 0 Å². The summed E-state index contributed by atoms with van der Waals surface area (Å²) >= 11 is 0. The lowest BCUT2D eigenvalue weighted by Gasteiger charge is -2.26. The number of methoxy groups -OCH3 is 1. The van der Waals surface area contributed by atoms with Gasteiger partial charge in [0.1, 0.15) is 0 Å². The van der Waals surface area contributed by atoms with Crippen molar-refractivity contribution in [3.05, 3.63) is 59.7 Å². The van der Waals surface area contributed by atoms with Crippen molar-refractivity contribution in [1.82, 2.24) is 0 Å². The number of anilines is 1. The molecule has 0 fully saturated rings. The van der Waals surface area contributed by atoms with Gasteiger partial charge in [-0.25, -0.2) is 4.79 Å². The zero-order valence-corrected chi connectivity index (χ0v) is 17.8. The third kappa shape index (κ3) is 4.64. The Balaban J connectivity index is 1.59. The molecule has 0 spiro atoms. The average molecular weight is 409 g/mol. The van der Waals surface area contributed by atoms with Gasteiger partial charge in [0.15, 0.2) is 24.2 Å². The van der Waals surface area contributed by atoms with Crippen LogP contribution in [0.25, 0.3) is 6.08 Å². The molecule has 3 rings (SSSR count). The van der Waals surface area contributed by atoms with E-state index < -0.39 is 12.1 Å². The summed E-state index contributed by atoms with van der Waals surface area (Å²) in [6, 6.07) is 13.2. The van der Waals surface area contributed by atoms with Crippen LogP contribution in [0.15, 0.2) is 48.5 Å². The molecule has 0 bridgehead atoms. The van der Waals surface area contributed by atoms with Crippen molar-refractivity contribution in [3.8, 4) is 11.5 Å². The number of fused-ring (bicyclic) bond motifs is 1. The summed E-state index contributed by atoms with van der Waals surface area (Å²) < 4.78 is 16.2. The zero-order valence-electron chi connectivity index (χ0n) is 17.8. The van der Waals surface area contributed by atoms with Gasteiger partial charge in [-0.15, -0.1) is 0 Å². The minimum absolute atomic E-state index is 0.0206. The van der Waals surface area contributed by atoms with Crippen LogP contribution in [0.4, 0.5) is 5.69 Å². The molecule has 2 aromatic rings. The first kappa shape index (κ1) is 21.4. The molecule has 6 heteroatoms. The minimum atomic E-state index is -0.909. The molecule has 1 heterocycles. The molecular weight excluding hydrogens is 382 g/mol. The zero-order chi connectivity index (χ0) is 21.7. The highest BCUT2D eigenvalue weighted by molar-refractivity contribution is 5.99. The molecule has 30 heavy (non-hydrogen) atoms. The Morgan fingerprint density at radius 2 is 1.97 bits per heavy atom. The molecule has 0 aliphatic carbocycles. The molecule has 2 atom stereocenters. The standard InChI is InChI=1S/C24H27NO5/c1-5-8-18-11-12-21(22(14-18)28-4)29-15-23(26)30-17(3)24(27)25-16(2)13-19-9-6-7-10-20(19)25/h5-12,14,16-17H,13,15H2,1-4H3/b8-5+/t16-,17-/m0/s1. The number of rotatable bonds is 7. The summed E-state index contributed by atoms with van der Waals surface area (Å²) in [5.74, 6) is 0.0958. The van der Waals surface area contributed by atoms with Crippen LogP contribution in [0.1, 0.15) is 31.9 Å². The Morgan fingerprint density at radius 3 is 2.70 bits per heavy atom. The van der Waals surface area contributed by atoms with Crippen LogP contribution >= 0.6 is 0 Å². The number of allylic oxidation sites excluding steroid dienone is 1. The third-order valence-corrected chi connectivity index (χ3v) is 4.99. The van der Waals surface area contributed by atoms with E-state index in [0.29, 0.717) is 11.5 Å². The van der Waals surface area contributed by atoms with Gasteiger partial charge in [-0.3, -0.25) is 4.79 Å². The third-order valence-electron chi connectivity index (χ3n) is 4.99. The number of nitrogens with zero attached hydrogens (tertiary/aromatic N) is 1. The van der Waals surface area contributed by atoms with E-state index >= 15 is 0 Å². The van der Waals surface area contributed by atoms with Crippen LogP contribution in [0.2, 0.25) is 0 Å². The molecule has 0 unspecified atom stereocenters. The number of carbonyl (C=O) groups is 2. The van der Waals surface area contributed by atoms with E-state index in [1.165, 1.54) is 7.11 Å². The number of ether oxygens (including phenoxy) is 3. The number of para-hydroxylation sites is 1. The fourth-order valence-corrected chi connectivity index (χ4v) is 3.62. The predicted molar refractivity (Wildman–Crippen MR) is 116 cm³/mol. The van der Waals surface area contributed by atoms with Crippen molar-refractivity contribution >= 4 is 23.6 Å². The van der Waals surface area contributed by atoms with Gasteiger partial charge >= 0.3 is 5.97 Å². The average Bonchev–Trinajstić information content (AvgIpc) is 3.07. The number of esters is 1. The summed E-state index contributed by atoms with van der Waals surface area (Å²) in [6.45, 7) is 5.18. The van der Waals surface area contributed by atoms with Crippen molar-refractivity contribution in [2.75, 3.05) is 18.6 Å². The van der Waals surface area contributed by atoms with Gasteiger partial charge in [0.25, 0.3) is 5.91 Å². The fourth-order valence-electron chi connectivity index (χ4n) is 3.62. The highest BCUT2D eigenvalue weighted by Crippen LogP contribution is 2.32. The van der Waals surface area contributed by atoms with Crippen LogP contribution in [0, 0.1) is 0 Å². The molecule has 0 aromatic heterocycles. The number of carbonyl (C=O) groups excluding carboxylic acids is 2. The summed E-state index contributed by atoms with van der Waals surface area (Å²) in [5, 5.41) is 0. The van der Waals surface area contributed by atoms with Crippen molar-refractivity contribution in [2.45, 2.75) is 39.3 Å². The summed E-state index contributed by atoms with van der Waals surface area (Å²) in [5.41, 5.74) is 2.96. The largest absolute Gasteiger partial charge is 0.493 e. The number of amides is 1. The topological polar surface area (TPSA) is 65.1 Å². The van der Waals surface area contributed by atoms with Gasteiger partial charge in [-0.05, 0) is 56.5 Å². The van der Waals surface area contributed by atoms with E-state index in [9.17, 15) is 9.59 Å². The Labute approximate surface area is 177 Å². The van der Waals surface area contributed by atoms with Crippen LogP contribution in [0.3, 0.4) is 0 Å². The SMILES string of the molecule is C/C=C/c1ccc(OCC(=O)O[C@@H](C)C(=O)N2c3ccccc3C[C@@H]2C)c(OC)c1. The predicted octanol–water partition coefficient (Wildman–Crippen LogP) is 4.02. The second-order valence-electron chi connectivity index (χ2n) is 7.22. The fraction of sp³-hybridized carbons (Fsp3) is 0.333. The molecule has 158 valence electrons. The summed E-state index contributed by atoms with van der Waals surface area (Å²) in [7, 11) is 1.54. The van der Waals surface area contributed by atoms with E-state index in [1.807, 2.05) is 62.4 Å². The van der Waals surface area contributed by atoms with Crippen LogP contribution < -0.4 is 14.4 Å². The van der Waals surface area contributed by atoms with Crippen LogP contribution in [0.5, 0.6) is 11.5 Å². The summed E-state index contributed by atoms with van der Waals surface area (Å²) in [4.78, 5) is 26.9. The highest BCUT2D eigenvalue weighted by Gasteiger charge is 2.34. The van der Waals surface area contributed by atoms with Gasteiger partial charge in [0.2, 0.25) is 0 Å². The lowest BCUT2D eigenvalue weighted by Crippen LogP contribution is -2.43. The number of hydrogen-bond acceptors (Lipinski definition) is 5. The molecule has 0 saturated carbocycles. The van der Waals surface area contributed by atoms with Gasteiger partial charge in [-0.2, -0.15) is 0 Å². The maximum absolute atomic E-state index is 12.9. The van der Waals surface area contributed by atoms with Crippen LogP contribution in [-0.4, -0.2) is 37.7 Å². The first-order chi connectivity index (χ1) is 14.4. The highest BCUT2D eigenvalue weighted by atomic mass is 16.6. The van der Waals surface area contributed by atoms with E-state index in [-0.39, 0.29) is 18.6 Å². The van der Waals surface area contributed by atoms with E-state index in [2.05, 4.69) is 0 Å². The molecule has 0 saturated heterocycles. The normalized spacial score (nSPS) is 16.3. The van der Waals surface area contributed by atoms with Crippen molar-refractivity contribution in [2.24, 2.45) is 0 Å². The second kappa shape index (κ2) is 9.48. The van der Waals surface area contributed by atoms with Crippen LogP contribution in [-0.2, 0) is 20.7 Å². The van der Waals surface area contributed by atoms with Gasteiger partial charge < -0.3 is 19.1 Å². The second-order valence-corrected chi connectivity index (χ2v) is 7.22. The lowest BCUT2D eigenvalue weighted by molar-refractivity contribution is -0.155. The van der Waals surface area contributed by atoms with Gasteiger partial charge in [0, 0.05) is 11.7 Å². The summed E-state index contributed by atoms with van der Waals surface area (Å²) in [6.07, 6.45) is 3.73. The minimum Gasteiger partial charge on any atom is -0.493 e. The molecule has 0 N–H and O–H groups in total. The molecule has 2 aromatic carbocycles. The molecule has 6 nitrogen and oxygen atoms in total. The van der Waals surface area contributed by atoms with Gasteiger partial charge in [0.05, 0.1) is 7.11 Å². The van der Waals surface area contributed by atoms with E-state index in [0.717, 1.165) is 23.2 Å². The monoisotopic (exact) mass is 409 g/mol. The van der Waals surface area contributed by atoms with E-state index in [1.54, 1.807) is 17.9 Å². The molecular formula is C24H27NO5. The first-order valence-corrected chi connectivity index (χ1v) is 9.98. The maximum atomic E-state index is 12.9. The Morgan fingerprint density at radius 1 is 1.20 bits per heavy atom. The molecule has 0 radical (unpaired) electrons. The van der Waals surface area contributed by atoms with Crippen molar-refractivity contribution in [3.63, 3.8) is 0 Å². The Bertz CT molecular complexity index is 952. The quantitative estimate of drug-likeness (QED) is 0.647. The number of hydrogen-bond donors (Lipinski definition) is 0. The first-order valence-electron chi connectivity index (χ1n) is 9.98. The van der Waals surface area contributed by atoms with Crippen molar-refractivity contribution < 1.29 is 23.8 Å². The number of benzene rings is 2. The lowest BCUT2D eigenvalue weighted by atomic mass is 10.1.